The van der Waals surface area contributed by atoms with Crippen molar-refractivity contribution in [3.8, 4) is 44.8 Å². The second kappa shape index (κ2) is 13.7. The first-order chi connectivity index (χ1) is 28.3. The normalized spacial score (nSPS) is 15.4. The quantitative estimate of drug-likeness (QED) is 0.162. The predicted octanol–water partition coefficient (Wildman–Crippen LogP) is 14.2. The molecule has 2 atom stereocenters. The highest BCUT2D eigenvalue weighted by Crippen LogP contribution is 2.47. The number of benzene rings is 8. The van der Waals surface area contributed by atoms with E-state index >= 15 is 0 Å². The third-order valence-corrected chi connectivity index (χ3v) is 11.5. The van der Waals surface area contributed by atoms with Gasteiger partial charge in [0, 0.05) is 39.3 Å². The molecule has 11 rings (SSSR count). The number of aromatic nitrogens is 1. The Kier molecular flexibility index (Phi) is 7.96. The van der Waals surface area contributed by atoms with Gasteiger partial charge < -0.3 is 14.2 Å². The van der Waals surface area contributed by atoms with E-state index in [9.17, 15) is 0 Å². The molecule has 0 amide bonds. The van der Waals surface area contributed by atoms with Crippen LogP contribution in [-0.4, -0.2) is 10.7 Å². The largest absolute Gasteiger partial charge is 0.483 e. The summed E-state index contributed by atoms with van der Waals surface area (Å²) in [5, 5.41) is 2.45. The Morgan fingerprint density at radius 3 is 1.68 bits per heavy atom. The summed E-state index contributed by atoms with van der Waals surface area (Å²) in [7, 11) is 0. The predicted molar refractivity (Wildman–Crippen MR) is 237 cm³/mol. The van der Waals surface area contributed by atoms with E-state index in [0.717, 1.165) is 28.5 Å². The molecule has 1 aromatic heterocycles. The molecule has 2 heterocycles. The molecule has 3 heteroatoms. The SMILES string of the molecule is C1=CC2Oc3c(cccc3-n3c4ccccc4c4cc(-c5ccc(N(c6ccccc6)c6ccc(-c7cccc(-c8ccccc8)c7)cc6)cc5)ccc43)C2C=C1. The van der Waals surface area contributed by atoms with Gasteiger partial charge in [0.15, 0.2) is 0 Å². The minimum Gasteiger partial charge on any atom is -0.483 e. The summed E-state index contributed by atoms with van der Waals surface area (Å²) in [6.07, 6.45) is 8.68. The van der Waals surface area contributed by atoms with Crippen LogP contribution in [0.25, 0.3) is 60.9 Å². The number of anilines is 3. The van der Waals surface area contributed by atoms with Crippen LogP contribution in [0.4, 0.5) is 17.1 Å². The topological polar surface area (TPSA) is 17.4 Å². The van der Waals surface area contributed by atoms with Gasteiger partial charge in [-0.3, -0.25) is 0 Å². The maximum atomic E-state index is 6.63. The lowest BCUT2D eigenvalue weighted by Crippen LogP contribution is -2.15. The molecule has 57 heavy (non-hydrogen) atoms. The minimum absolute atomic E-state index is 0.0361. The molecule has 0 bridgehead atoms. The summed E-state index contributed by atoms with van der Waals surface area (Å²) >= 11 is 0. The summed E-state index contributed by atoms with van der Waals surface area (Å²) in [6, 6.07) is 70.0. The number of allylic oxidation sites excluding steroid dienone is 2. The van der Waals surface area contributed by atoms with Crippen molar-refractivity contribution in [3.05, 3.63) is 224 Å². The fourth-order valence-corrected chi connectivity index (χ4v) is 8.78. The summed E-state index contributed by atoms with van der Waals surface area (Å²) < 4.78 is 9.01. The van der Waals surface area contributed by atoms with Gasteiger partial charge >= 0.3 is 0 Å². The fourth-order valence-electron chi connectivity index (χ4n) is 8.78. The van der Waals surface area contributed by atoms with Crippen LogP contribution in [0.1, 0.15) is 11.5 Å². The molecule has 0 saturated heterocycles. The van der Waals surface area contributed by atoms with Gasteiger partial charge in [0.25, 0.3) is 0 Å². The zero-order valence-electron chi connectivity index (χ0n) is 31.2. The minimum atomic E-state index is 0.0361. The first-order valence-electron chi connectivity index (χ1n) is 19.7. The van der Waals surface area contributed by atoms with Crippen LogP contribution in [0.3, 0.4) is 0 Å². The van der Waals surface area contributed by atoms with Crippen LogP contribution in [0.5, 0.6) is 5.75 Å². The Bertz CT molecular complexity index is 2980. The van der Waals surface area contributed by atoms with Crippen molar-refractivity contribution in [2.24, 2.45) is 0 Å². The Balaban J connectivity index is 0.940. The molecule has 270 valence electrons. The van der Waals surface area contributed by atoms with E-state index in [0.29, 0.717) is 0 Å². The van der Waals surface area contributed by atoms with Crippen LogP contribution < -0.4 is 9.64 Å². The molecule has 2 unspecified atom stereocenters. The number of para-hydroxylation sites is 3. The molecule has 0 spiro atoms. The second-order valence-electron chi connectivity index (χ2n) is 14.9. The van der Waals surface area contributed by atoms with Gasteiger partial charge in [-0.25, -0.2) is 0 Å². The third kappa shape index (κ3) is 5.75. The van der Waals surface area contributed by atoms with Crippen molar-refractivity contribution in [2.45, 2.75) is 12.0 Å². The van der Waals surface area contributed by atoms with E-state index in [4.69, 9.17) is 4.74 Å². The molecule has 0 fully saturated rings. The zero-order valence-corrected chi connectivity index (χ0v) is 31.2. The van der Waals surface area contributed by atoms with Crippen molar-refractivity contribution < 1.29 is 4.74 Å². The van der Waals surface area contributed by atoms with E-state index in [-0.39, 0.29) is 12.0 Å². The molecular weight excluding hydrogens is 693 g/mol. The van der Waals surface area contributed by atoms with Crippen LogP contribution in [-0.2, 0) is 0 Å². The van der Waals surface area contributed by atoms with Gasteiger partial charge in [0.2, 0.25) is 0 Å². The number of fused-ring (bicyclic) bond motifs is 6. The van der Waals surface area contributed by atoms with E-state index in [1.165, 1.54) is 60.8 Å². The number of nitrogens with zero attached hydrogens (tertiary/aromatic N) is 2. The zero-order chi connectivity index (χ0) is 37.7. The molecule has 2 aliphatic rings. The van der Waals surface area contributed by atoms with Gasteiger partial charge in [0.05, 0.1) is 16.7 Å². The summed E-state index contributed by atoms with van der Waals surface area (Å²) in [5.74, 6) is 1.22. The first-order valence-corrected chi connectivity index (χ1v) is 19.7. The lowest BCUT2D eigenvalue weighted by molar-refractivity contribution is 0.268. The highest BCUT2D eigenvalue weighted by molar-refractivity contribution is 6.10. The van der Waals surface area contributed by atoms with Crippen LogP contribution in [0.15, 0.2) is 218 Å². The molecule has 0 N–H and O–H groups in total. The Labute approximate surface area is 332 Å². The molecule has 1 aliphatic carbocycles. The van der Waals surface area contributed by atoms with E-state index in [1.54, 1.807) is 0 Å². The molecular formula is C54H38N2O. The average Bonchev–Trinajstić information content (AvgIpc) is 3.83. The Morgan fingerprint density at radius 2 is 0.947 bits per heavy atom. The molecule has 9 aromatic rings. The summed E-state index contributed by atoms with van der Waals surface area (Å²) in [4.78, 5) is 2.33. The molecule has 1 aliphatic heterocycles. The van der Waals surface area contributed by atoms with Crippen molar-refractivity contribution in [2.75, 3.05) is 4.90 Å². The van der Waals surface area contributed by atoms with Gasteiger partial charge in [0.1, 0.15) is 11.9 Å². The molecule has 0 saturated carbocycles. The Morgan fingerprint density at radius 1 is 0.404 bits per heavy atom. The van der Waals surface area contributed by atoms with Gasteiger partial charge in [-0.2, -0.15) is 0 Å². The molecule has 3 nitrogen and oxygen atoms in total. The summed E-state index contributed by atoms with van der Waals surface area (Å²) in [6.45, 7) is 0. The standard InChI is InChI=1S/C54H38N2O/c1-3-13-37(14-4-1)40-15-11-16-41(35-40)38-25-30-44(31-26-38)55(43-17-5-2-6-18-43)45-32-27-39(28-33-45)42-29-34-51-49(36-42)46-19-7-9-22-50(46)56(51)52-23-12-21-48-47-20-8-10-24-53(47)57-54(48)52/h1-36,47,53H. The number of rotatable bonds is 7. The number of hydrogen-bond donors (Lipinski definition) is 0. The van der Waals surface area contributed by atoms with Crippen molar-refractivity contribution in [1.29, 1.82) is 0 Å². The van der Waals surface area contributed by atoms with Gasteiger partial charge in [-0.1, -0.05) is 146 Å². The lowest BCUT2D eigenvalue weighted by atomic mass is 9.92. The van der Waals surface area contributed by atoms with Crippen molar-refractivity contribution in [1.82, 2.24) is 4.57 Å². The van der Waals surface area contributed by atoms with E-state index < -0.39 is 0 Å². The number of ether oxygens (including phenoxy) is 1. The van der Waals surface area contributed by atoms with Gasteiger partial charge in [-0.05, 0) is 106 Å². The van der Waals surface area contributed by atoms with Crippen LogP contribution in [0.2, 0.25) is 0 Å². The molecule has 8 aromatic carbocycles. The van der Waals surface area contributed by atoms with E-state index in [1.807, 2.05) is 0 Å². The van der Waals surface area contributed by atoms with Crippen LogP contribution >= 0.6 is 0 Å². The fraction of sp³-hybridized carbons (Fsp3) is 0.0370. The monoisotopic (exact) mass is 730 g/mol. The van der Waals surface area contributed by atoms with Gasteiger partial charge in [-0.15, -0.1) is 0 Å². The van der Waals surface area contributed by atoms with Crippen molar-refractivity contribution in [3.63, 3.8) is 0 Å². The maximum Gasteiger partial charge on any atom is 0.148 e. The smallest absolute Gasteiger partial charge is 0.148 e. The number of hydrogen-bond acceptors (Lipinski definition) is 2. The third-order valence-electron chi connectivity index (χ3n) is 11.5. The first kappa shape index (κ1) is 33.0. The summed E-state index contributed by atoms with van der Waals surface area (Å²) in [5.41, 5.74) is 15.2. The maximum absolute atomic E-state index is 6.63. The second-order valence-corrected chi connectivity index (χ2v) is 14.9. The molecule has 0 radical (unpaired) electrons. The highest BCUT2D eigenvalue weighted by Gasteiger charge is 2.34. The van der Waals surface area contributed by atoms with E-state index in [2.05, 4.69) is 228 Å². The lowest BCUT2D eigenvalue weighted by Gasteiger charge is -2.26. The van der Waals surface area contributed by atoms with Crippen LogP contribution in [0, 0.1) is 0 Å². The Hall–Kier alpha value is -7.36. The average molecular weight is 731 g/mol. The van der Waals surface area contributed by atoms with Crippen molar-refractivity contribution >= 4 is 38.9 Å². The highest BCUT2D eigenvalue weighted by atomic mass is 16.5.